The molecule has 6 nitrogen and oxygen atoms in total. The van der Waals surface area contributed by atoms with Gasteiger partial charge in [-0.25, -0.2) is 4.79 Å². The van der Waals surface area contributed by atoms with E-state index in [9.17, 15) is 4.79 Å². The van der Waals surface area contributed by atoms with Gasteiger partial charge in [0.1, 0.15) is 6.61 Å². The molecule has 0 aliphatic carbocycles. The number of methoxy groups -OCH3 is 1. The lowest BCUT2D eigenvalue weighted by molar-refractivity contribution is -0.0165. The summed E-state index contributed by atoms with van der Waals surface area (Å²) in [4.78, 5) is 11.0. The minimum absolute atomic E-state index is 0.0162. The van der Waals surface area contributed by atoms with Gasteiger partial charge >= 0.3 is 5.97 Å². The second-order valence-electron chi connectivity index (χ2n) is 5.20. The minimum Gasteiger partial charge on any atom is -0.493 e. The van der Waals surface area contributed by atoms with Gasteiger partial charge in [-0.3, -0.25) is 0 Å². The van der Waals surface area contributed by atoms with Gasteiger partial charge in [0, 0.05) is 12.1 Å². The third kappa shape index (κ3) is 4.62. The summed E-state index contributed by atoms with van der Waals surface area (Å²) in [6, 6.07) is 2.79. The maximum Gasteiger partial charge on any atom is 0.337 e. The van der Waals surface area contributed by atoms with Gasteiger partial charge in [0.2, 0.25) is 0 Å². The van der Waals surface area contributed by atoms with Gasteiger partial charge in [-0.05, 0) is 20.8 Å². The summed E-state index contributed by atoms with van der Waals surface area (Å²) in [5.74, 6) is -0.388. The number of ether oxygens (including phenoxy) is 3. The average molecular weight is 283 g/mol. The Balaban J connectivity index is 2.78. The van der Waals surface area contributed by atoms with Crippen LogP contribution >= 0.6 is 0 Å². The van der Waals surface area contributed by atoms with Crippen LogP contribution < -0.4 is 15.2 Å². The SMILES string of the molecule is COc1cc(N)c(C(=O)O)cc1OCCOC(C)(C)C. The van der Waals surface area contributed by atoms with Crippen molar-refractivity contribution in [3.05, 3.63) is 17.7 Å². The zero-order valence-electron chi connectivity index (χ0n) is 12.2. The fourth-order valence-corrected chi connectivity index (χ4v) is 1.53. The van der Waals surface area contributed by atoms with Crippen LogP contribution in [-0.4, -0.2) is 37.0 Å². The Morgan fingerprint density at radius 2 is 1.90 bits per heavy atom. The second kappa shape index (κ2) is 6.47. The van der Waals surface area contributed by atoms with Crippen molar-refractivity contribution in [2.45, 2.75) is 26.4 Å². The lowest BCUT2D eigenvalue weighted by atomic mass is 10.1. The van der Waals surface area contributed by atoms with Crippen LogP contribution in [0.2, 0.25) is 0 Å². The number of carboxylic acids is 1. The third-order valence-electron chi connectivity index (χ3n) is 2.44. The third-order valence-corrected chi connectivity index (χ3v) is 2.44. The topological polar surface area (TPSA) is 91.0 Å². The summed E-state index contributed by atoms with van der Waals surface area (Å²) in [5, 5.41) is 9.03. The Labute approximate surface area is 118 Å². The van der Waals surface area contributed by atoms with E-state index in [4.69, 9.17) is 25.1 Å². The van der Waals surface area contributed by atoms with Crippen LogP contribution in [0.4, 0.5) is 5.69 Å². The molecule has 6 heteroatoms. The first-order valence-corrected chi connectivity index (χ1v) is 6.22. The molecular weight excluding hydrogens is 262 g/mol. The van der Waals surface area contributed by atoms with Gasteiger partial charge in [-0.15, -0.1) is 0 Å². The molecule has 0 amide bonds. The summed E-state index contributed by atoms with van der Waals surface area (Å²) in [7, 11) is 1.47. The number of carbonyl (C=O) groups is 1. The molecular formula is C14H21NO5. The van der Waals surface area contributed by atoms with Gasteiger partial charge < -0.3 is 25.1 Å². The molecule has 0 aliphatic rings. The summed E-state index contributed by atoms with van der Waals surface area (Å²) in [5.41, 5.74) is 5.50. The highest BCUT2D eigenvalue weighted by Crippen LogP contribution is 2.32. The van der Waals surface area contributed by atoms with Crippen molar-refractivity contribution in [2.75, 3.05) is 26.1 Å². The van der Waals surface area contributed by atoms with Crippen molar-refractivity contribution in [1.82, 2.24) is 0 Å². The molecule has 3 N–H and O–H groups in total. The van der Waals surface area contributed by atoms with E-state index < -0.39 is 5.97 Å². The van der Waals surface area contributed by atoms with Crippen molar-refractivity contribution < 1.29 is 24.1 Å². The van der Waals surface area contributed by atoms with E-state index >= 15 is 0 Å². The monoisotopic (exact) mass is 283 g/mol. The number of nitrogen functional groups attached to an aromatic ring is 1. The number of nitrogens with two attached hydrogens (primary N) is 1. The summed E-state index contributed by atoms with van der Waals surface area (Å²) in [6.45, 7) is 6.51. The maximum atomic E-state index is 11.0. The quantitative estimate of drug-likeness (QED) is 0.614. The van der Waals surface area contributed by atoms with Crippen molar-refractivity contribution in [2.24, 2.45) is 0 Å². The largest absolute Gasteiger partial charge is 0.493 e. The smallest absolute Gasteiger partial charge is 0.337 e. The Kier molecular flexibility index (Phi) is 5.21. The number of benzene rings is 1. The van der Waals surface area contributed by atoms with Gasteiger partial charge in [-0.2, -0.15) is 0 Å². The van der Waals surface area contributed by atoms with Crippen molar-refractivity contribution in [3.8, 4) is 11.5 Å². The lowest BCUT2D eigenvalue weighted by Crippen LogP contribution is -2.22. The van der Waals surface area contributed by atoms with E-state index in [2.05, 4.69) is 0 Å². The van der Waals surface area contributed by atoms with E-state index in [0.717, 1.165) is 0 Å². The van der Waals surface area contributed by atoms with E-state index in [0.29, 0.717) is 18.1 Å². The Morgan fingerprint density at radius 3 is 2.40 bits per heavy atom. The van der Waals surface area contributed by atoms with E-state index in [1.807, 2.05) is 20.8 Å². The zero-order valence-corrected chi connectivity index (χ0v) is 12.2. The minimum atomic E-state index is -1.11. The normalized spacial score (nSPS) is 11.2. The number of hydrogen-bond acceptors (Lipinski definition) is 5. The van der Waals surface area contributed by atoms with Crippen LogP contribution in [0.15, 0.2) is 12.1 Å². The van der Waals surface area contributed by atoms with Crippen molar-refractivity contribution >= 4 is 11.7 Å². The van der Waals surface area contributed by atoms with Gasteiger partial charge in [0.25, 0.3) is 0 Å². The molecule has 1 aromatic rings. The fourth-order valence-electron chi connectivity index (χ4n) is 1.53. The second-order valence-corrected chi connectivity index (χ2v) is 5.20. The Bertz CT molecular complexity index is 479. The molecule has 0 radical (unpaired) electrons. The van der Waals surface area contributed by atoms with Crippen LogP contribution in [-0.2, 0) is 4.74 Å². The molecule has 0 unspecified atom stereocenters. The lowest BCUT2D eigenvalue weighted by Gasteiger charge is -2.20. The molecule has 0 aromatic heterocycles. The van der Waals surface area contributed by atoms with Crippen LogP contribution in [0.1, 0.15) is 31.1 Å². The summed E-state index contributed by atoms with van der Waals surface area (Å²) in [6.07, 6.45) is 0. The molecule has 0 heterocycles. The number of anilines is 1. The van der Waals surface area contributed by atoms with E-state index in [1.54, 1.807) is 0 Å². The predicted molar refractivity (Wildman–Crippen MR) is 75.6 cm³/mol. The highest BCUT2D eigenvalue weighted by molar-refractivity contribution is 5.94. The number of carboxylic acid groups (broad SMARTS) is 1. The van der Waals surface area contributed by atoms with Crippen LogP contribution in [0.5, 0.6) is 11.5 Å². The number of hydrogen-bond donors (Lipinski definition) is 2. The molecule has 0 fully saturated rings. The summed E-state index contributed by atoms with van der Waals surface area (Å²) < 4.78 is 16.1. The Hall–Kier alpha value is -1.95. The molecule has 0 atom stereocenters. The first-order valence-electron chi connectivity index (χ1n) is 6.22. The fraction of sp³-hybridized carbons (Fsp3) is 0.500. The molecule has 0 saturated carbocycles. The molecule has 1 aromatic carbocycles. The highest BCUT2D eigenvalue weighted by atomic mass is 16.5. The first kappa shape index (κ1) is 16.1. The van der Waals surface area contributed by atoms with Gasteiger partial charge in [0.05, 0.1) is 30.6 Å². The number of rotatable bonds is 6. The molecule has 0 spiro atoms. The standard InChI is InChI=1S/C14H21NO5/c1-14(2,3)20-6-5-19-12-7-9(13(16)17)10(15)8-11(12)18-4/h7-8H,5-6,15H2,1-4H3,(H,16,17). The molecule has 20 heavy (non-hydrogen) atoms. The van der Waals surface area contributed by atoms with Crippen LogP contribution in [0, 0.1) is 0 Å². The van der Waals surface area contributed by atoms with Crippen molar-refractivity contribution in [3.63, 3.8) is 0 Å². The van der Waals surface area contributed by atoms with Crippen LogP contribution in [0.3, 0.4) is 0 Å². The van der Waals surface area contributed by atoms with E-state index in [1.165, 1.54) is 19.2 Å². The Morgan fingerprint density at radius 1 is 1.25 bits per heavy atom. The number of aromatic carboxylic acids is 1. The summed E-state index contributed by atoms with van der Waals surface area (Å²) >= 11 is 0. The average Bonchev–Trinajstić information content (AvgIpc) is 2.33. The molecule has 112 valence electrons. The van der Waals surface area contributed by atoms with E-state index in [-0.39, 0.29) is 23.5 Å². The van der Waals surface area contributed by atoms with Crippen LogP contribution in [0.25, 0.3) is 0 Å². The molecule has 1 rings (SSSR count). The van der Waals surface area contributed by atoms with Gasteiger partial charge in [0.15, 0.2) is 11.5 Å². The van der Waals surface area contributed by atoms with Crippen molar-refractivity contribution in [1.29, 1.82) is 0 Å². The molecule has 0 saturated heterocycles. The van der Waals surface area contributed by atoms with Gasteiger partial charge in [-0.1, -0.05) is 0 Å². The molecule has 0 aliphatic heterocycles. The maximum absolute atomic E-state index is 11.0. The zero-order chi connectivity index (χ0) is 15.3. The highest BCUT2D eigenvalue weighted by Gasteiger charge is 2.15. The molecule has 0 bridgehead atoms. The predicted octanol–water partition coefficient (Wildman–Crippen LogP) is 2.17. The first-order chi connectivity index (χ1) is 9.24.